The quantitative estimate of drug-likeness (QED) is 0.0222. The van der Waals surface area contributed by atoms with Crippen molar-refractivity contribution >= 4 is 39.5 Å². The van der Waals surface area contributed by atoms with Gasteiger partial charge in [-0.25, -0.2) is 9.13 Å². The maximum absolute atomic E-state index is 13.0. The van der Waals surface area contributed by atoms with Crippen molar-refractivity contribution < 1.29 is 80.2 Å². The molecule has 486 valence electrons. The van der Waals surface area contributed by atoms with E-state index in [-0.39, 0.29) is 25.7 Å². The Bertz CT molecular complexity index is 1620. The third kappa shape index (κ3) is 54.7. The standard InChI is InChI=1S/C63H122O17P2/c1-7-11-13-15-17-18-19-20-21-22-23-24-26-35-41-47-62(67)79-58(52-74-61(66)46-40-34-29-27-31-37-43-55(5)9-3)53-77-81(69,70)75-49-57(64)50-76-82(71,72)78-54-59(51-73-60(65)45-39-33-25-16-14-12-8-2)80-63(68)48-42-36-30-28-32-38-44-56(6)10-4/h55-59,64H,7-54H2,1-6H3,(H,69,70)(H,71,72)/t55?,56?,57-,58-,59-/m1/s1. The molecule has 7 atom stereocenters. The summed E-state index contributed by atoms with van der Waals surface area (Å²) in [6.45, 7) is 9.36. The smallest absolute Gasteiger partial charge is 0.462 e. The lowest BCUT2D eigenvalue weighted by Gasteiger charge is -2.21. The van der Waals surface area contributed by atoms with Crippen LogP contribution in [0.15, 0.2) is 0 Å². The largest absolute Gasteiger partial charge is 0.472 e. The number of esters is 4. The number of aliphatic hydroxyl groups is 1. The van der Waals surface area contributed by atoms with Gasteiger partial charge in [0.2, 0.25) is 0 Å². The zero-order valence-electron chi connectivity index (χ0n) is 52.8. The van der Waals surface area contributed by atoms with Gasteiger partial charge < -0.3 is 33.8 Å². The molecule has 0 saturated carbocycles. The van der Waals surface area contributed by atoms with Gasteiger partial charge in [-0.15, -0.1) is 0 Å². The summed E-state index contributed by atoms with van der Waals surface area (Å²) in [7, 11) is -9.88. The molecule has 0 saturated heterocycles. The number of phosphoric ester groups is 2. The number of aliphatic hydroxyl groups excluding tert-OH is 1. The normalized spacial score (nSPS) is 15.0. The third-order valence-electron chi connectivity index (χ3n) is 15.2. The molecule has 0 aromatic rings. The zero-order chi connectivity index (χ0) is 60.8. The number of unbranched alkanes of at least 4 members (excludes halogenated alkanes) is 30. The lowest BCUT2D eigenvalue weighted by atomic mass is 10.00. The summed E-state index contributed by atoms with van der Waals surface area (Å²) in [4.78, 5) is 72.0. The van der Waals surface area contributed by atoms with Gasteiger partial charge in [-0.1, -0.05) is 260 Å². The van der Waals surface area contributed by atoms with E-state index in [0.717, 1.165) is 121 Å². The third-order valence-corrected chi connectivity index (χ3v) is 17.1. The number of ether oxygens (including phenoxy) is 4. The van der Waals surface area contributed by atoms with E-state index in [0.29, 0.717) is 25.7 Å². The summed E-state index contributed by atoms with van der Waals surface area (Å²) >= 11 is 0. The fourth-order valence-corrected chi connectivity index (χ4v) is 10.9. The van der Waals surface area contributed by atoms with E-state index >= 15 is 0 Å². The fourth-order valence-electron chi connectivity index (χ4n) is 9.29. The number of hydrogen-bond acceptors (Lipinski definition) is 15. The lowest BCUT2D eigenvalue weighted by Crippen LogP contribution is -2.30. The summed E-state index contributed by atoms with van der Waals surface area (Å²) in [5, 5.41) is 10.5. The monoisotopic (exact) mass is 1210 g/mol. The number of phosphoric acid groups is 2. The Kier molecular flexibility index (Phi) is 54.3. The Morgan fingerprint density at radius 2 is 0.585 bits per heavy atom. The molecule has 0 spiro atoms. The van der Waals surface area contributed by atoms with Crippen LogP contribution in [0.25, 0.3) is 0 Å². The summed E-state index contributed by atoms with van der Waals surface area (Å²) < 4.78 is 67.9. The van der Waals surface area contributed by atoms with E-state index in [1.54, 1.807) is 0 Å². The lowest BCUT2D eigenvalue weighted by molar-refractivity contribution is -0.161. The second-order valence-electron chi connectivity index (χ2n) is 23.3. The SMILES string of the molecule is CCCCCCCCCCCCCCCCCC(=O)O[C@H](COC(=O)CCCCCCCCC(C)CC)COP(=O)(O)OC[C@@H](O)COP(=O)(O)OC[C@@H](COC(=O)CCCCCCCCC)OC(=O)CCCCCCCCC(C)CC. The first-order valence-corrected chi connectivity index (χ1v) is 36.1. The Morgan fingerprint density at radius 1 is 0.341 bits per heavy atom. The van der Waals surface area contributed by atoms with E-state index in [9.17, 15) is 43.2 Å². The predicted octanol–water partition coefficient (Wildman–Crippen LogP) is 17.3. The Labute approximate surface area is 498 Å². The van der Waals surface area contributed by atoms with Crippen molar-refractivity contribution in [3.05, 3.63) is 0 Å². The molecule has 0 aromatic heterocycles. The Morgan fingerprint density at radius 3 is 0.866 bits per heavy atom. The highest BCUT2D eigenvalue weighted by atomic mass is 31.2. The van der Waals surface area contributed by atoms with Crippen LogP contribution in [0.1, 0.15) is 311 Å². The van der Waals surface area contributed by atoms with E-state index < -0.39 is 97.5 Å². The molecule has 82 heavy (non-hydrogen) atoms. The molecule has 0 heterocycles. The molecule has 0 bridgehead atoms. The van der Waals surface area contributed by atoms with Crippen molar-refractivity contribution in [1.29, 1.82) is 0 Å². The minimum absolute atomic E-state index is 0.102. The first-order valence-electron chi connectivity index (χ1n) is 33.1. The highest BCUT2D eigenvalue weighted by Crippen LogP contribution is 2.45. The molecular weight excluding hydrogens is 1090 g/mol. The van der Waals surface area contributed by atoms with Crippen LogP contribution < -0.4 is 0 Å². The molecule has 17 nitrogen and oxygen atoms in total. The second kappa shape index (κ2) is 55.6. The van der Waals surface area contributed by atoms with Crippen LogP contribution in [-0.2, 0) is 65.4 Å². The topological polar surface area (TPSA) is 237 Å². The average Bonchev–Trinajstić information content (AvgIpc) is 3.48. The van der Waals surface area contributed by atoms with Crippen molar-refractivity contribution in [2.45, 2.75) is 330 Å². The van der Waals surface area contributed by atoms with Crippen molar-refractivity contribution in [3.63, 3.8) is 0 Å². The molecule has 3 N–H and O–H groups in total. The maximum Gasteiger partial charge on any atom is 0.472 e. The Balaban J connectivity index is 5.22. The maximum atomic E-state index is 13.0. The summed E-state index contributed by atoms with van der Waals surface area (Å²) in [5.74, 6) is -0.690. The minimum atomic E-state index is -4.94. The van der Waals surface area contributed by atoms with Gasteiger partial charge in [-0.2, -0.15) is 0 Å². The van der Waals surface area contributed by atoms with Gasteiger partial charge in [0.15, 0.2) is 12.2 Å². The molecule has 4 unspecified atom stereocenters. The molecule has 0 amide bonds. The minimum Gasteiger partial charge on any atom is -0.462 e. The van der Waals surface area contributed by atoms with Gasteiger partial charge in [0, 0.05) is 25.7 Å². The molecular formula is C63H122O17P2. The summed E-state index contributed by atoms with van der Waals surface area (Å²) in [5.41, 5.74) is 0. The van der Waals surface area contributed by atoms with E-state index in [1.165, 1.54) is 109 Å². The number of rotatable bonds is 62. The molecule has 0 aliphatic heterocycles. The Hall–Kier alpha value is -1.94. The molecule has 0 rings (SSSR count). The average molecular weight is 1210 g/mol. The van der Waals surface area contributed by atoms with Crippen molar-refractivity contribution in [1.82, 2.24) is 0 Å². The summed E-state index contributed by atoms with van der Waals surface area (Å²) in [6.07, 6.45) is 37.7. The second-order valence-corrected chi connectivity index (χ2v) is 26.2. The first kappa shape index (κ1) is 80.1. The van der Waals surface area contributed by atoms with Crippen molar-refractivity contribution in [3.8, 4) is 0 Å². The van der Waals surface area contributed by atoms with Gasteiger partial charge in [-0.3, -0.25) is 37.3 Å². The van der Waals surface area contributed by atoms with E-state index in [2.05, 4.69) is 41.5 Å². The van der Waals surface area contributed by atoms with Gasteiger partial charge in [0.05, 0.1) is 26.4 Å². The molecule has 0 aliphatic carbocycles. The van der Waals surface area contributed by atoms with Gasteiger partial charge >= 0.3 is 39.5 Å². The van der Waals surface area contributed by atoms with Gasteiger partial charge in [0.1, 0.15) is 19.3 Å². The van der Waals surface area contributed by atoms with E-state index in [1.807, 2.05) is 0 Å². The van der Waals surface area contributed by atoms with E-state index in [4.69, 9.17) is 37.0 Å². The molecule has 0 aliphatic rings. The van der Waals surface area contributed by atoms with Crippen molar-refractivity contribution in [2.24, 2.45) is 11.8 Å². The molecule has 19 heteroatoms. The van der Waals surface area contributed by atoms with Crippen molar-refractivity contribution in [2.75, 3.05) is 39.6 Å². The highest BCUT2D eigenvalue weighted by molar-refractivity contribution is 7.47. The highest BCUT2D eigenvalue weighted by Gasteiger charge is 2.30. The van der Waals surface area contributed by atoms with Gasteiger partial charge in [0.25, 0.3) is 0 Å². The number of carbonyl (C=O) groups excluding carboxylic acids is 4. The van der Waals surface area contributed by atoms with Gasteiger partial charge in [-0.05, 0) is 37.5 Å². The van der Waals surface area contributed by atoms with Crippen LogP contribution in [0.3, 0.4) is 0 Å². The number of carbonyl (C=O) groups is 4. The van der Waals surface area contributed by atoms with Crippen LogP contribution in [0.4, 0.5) is 0 Å². The van der Waals surface area contributed by atoms with Crippen LogP contribution in [-0.4, -0.2) is 96.7 Å². The fraction of sp³-hybridized carbons (Fsp3) is 0.937. The predicted molar refractivity (Wildman–Crippen MR) is 326 cm³/mol. The molecule has 0 fully saturated rings. The zero-order valence-corrected chi connectivity index (χ0v) is 54.6. The van der Waals surface area contributed by atoms with Crippen LogP contribution >= 0.6 is 15.6 Å². The van der Waals surface area contributed by atoms with Crippen LogP contribution in [0.5, 0.6) is 0 Å². The van der Waals surface area contributed by atoms with Crippen LogP contribution in [0, 0.1) is 11.8 Å². The number of hydrogen-bond donors (Lipinski definition) is 3. The molecule has 0 radical (unpaired) electrons. The first-order chi connectivity index (χ1) is 39.4. The molecule has 0 aromatic carbocycles. The van der Waals surface area contributed by atoms with Crippen LogP contribution in [0.2, 0.25) is 0 Å². The summed E-state index contributed by atoms with van der Waals surface area (Å²) in [6, 6.07) is 0.